The number of carbonyl (C=O) groups is 1. The van der Waals surface area contributed by atoms with Gasteiger partial charge in [0.1, 0.15) is 10.8 Å². The zero-order valence-corrected chi connectivity index (χ0v) is 11.8. The van der Waals surface area contributed by atoms with E-state index < -0.39 is 0 Å². The SMILES string of the molecule is CC(CCN)C(=O)Cc1nc(-c2ccccc2)cs1. The molecule has 1 aromatic carbocycles. The molecule has 0 bridgehead atoms. The molecule has 0 radical (unpaired) electrons. The fourth-order valence-corrected chi connectivity index (χ4v) is 2.68. The fourth-order valence-electron chi connectivity index (χ4n) is 1.87. The second kappa shape index (κ2) is 6.59. The van der Waals surface area contributed by atoms with Gasteiger partial charge in [-0.15, -0.1) is 11.3 Å². The Hall–Kier alpha value is -1.52. The maximum absolute atomic E-state index is 12.0. The first-order valence-electron chi connectivity index (χ1n) is 6.43. The van der Waals surface area contributed by atoms with Gasteiger partial charge in [0.15, 0.2) is 0 Å². The molecule has 1 aromatic heterocycles. The minimum atomic E-state index is 0.0223. The van der Waals surface area contributed by atoms with Gasteiger partial charge >= 0.3 is 0 Å². The smallest absolute Gasteiger partial charge is 0.142 e. The van der Waals surface area contributed by atoms with Crippen molar-refractivity contribution in [3.05, 3.63) is 40.7 Å². The lowest BCUT2D eigenvalue weighted by Gasteiger charge is -2.06. The number of nitrogens with two attached hydrogens (primary N) is 1. The summed E-state index contributed by atoms with van der Waals surface area (Å²) in [4.78, 5) is 16.5. The van der Waals surface area contributed by atoms with Crippen LogP contribution in [0.2, 0.25) is 0 Å². The molecule has 2 N–H and O–H groups in total. The lowest BCUT2D eigenvalue weighted by atomic mass is 10.0. The maximum Gasteiger partial charge on any atom is 0.142 e. The third kappa shape index (κ3) is 3.72. The molecule has 4 heteroatoms. The van der Waals surface area contributed by atoms with Gasteiger partial charge < -0.3 is 5.73 Å². The van der Waals surface area contributed by atoms with E-state index in [1.54, 1.807) is 11.3 Å². The second-order valence-electron chi connectivity index (χ2n) is 4.61. The molecule has 0 fully saturated rings. The zero-order valence-electron chi connectivity index (χ0n) is 11.0. The Kier molecular flexibility index (Phi) is 4.82. The van der Waals surface area contributed by atoms with Crippen LogP contribution in [-0.2, 0) is 11.2 Å². The summed E-state index contributed by atoms with van der Waals surface area (Å²) in [6.45, 7) is 2.49. The van der Waals surface area contributed by atoms with Gasteiger partial charge in [0, 0.05) is 16.9 Å². The molecule has 0 spiro atoms. The van der Waals surface area contributed by atoms with Gasteiger partial charge in [-0.2, -0.15) is 0 Å². The van der Waals surface area contributed by atoms with E-state index in [0.717, 1.165) is 22.7 Å². The molecule has 19 heavy (non-hydrogen) atoms. The number of thiazole rings is 1. The normalized spacial score (nSPS) is 12.3. The van der Waals surface area contributed by atoms with Gasteiger partial charge in [-0.25, -0.2) is 4.98 Å². The van der Waals surface area contributed by atoms with Crippen molar-refractivity contribution < 1.29 is 4.79 Å². The van der Waals surface area contributed by atoms with Crippen molar-refractivity contribution in [3.63, 3.8) is 0 Å². The molecule has 3 nitrogen and oxygen atoms in total. The van der Waals surface area contributed by atoms with Crippen molar-refractivity contribution >= 4 is 17.1 Å². The summed E-state index contributed by atoms with van der Waals surface area (Å²) < 4.78 is 0. The molecule has 0 aliphatic heterocycles. The molecular formula is C15H18N2OS. The minimum absolute atomic E-state index is 0.0223. The quantitative estimate of drug-likeness (QED) is 0.881. The van der Waals surface area contributed by atoms with Crippen LogP contribution < -0.4 is 5.73 Å². The summed E-state index contributed by atoms with van der Waals surface area (Å²) >= 11 is 1.55. The number of hydrogen-bond acceptors (Lipinski definition) is 4. The summed E-state index contributed by atoms with van der Waals surface area (Å²) in [7, 11) is 0. The Morgan fingerprint density at radius 2 is 2.11 bits per heavy atom. The number of carbonyl (C=O) groups excluding carboxylic acids is 1. The van der Waals surface area contributed by atoms with Crippen LogP contribution in [0.3, 0.4) is 0 Å². The van der Waals surface area contributed by atoms with E-state index in [9.17, 15) is 4.79 Å². The van der Waals surface area contributed by atoms with E-state index in [-0.39, 0.29) is 11.7 Å². The maximum atomic E-state index is 12.0. The molecule has 2 aromatic rings. The Labute approximate surface area is 117 Å². The van der Waals surface area contributed by atoms with Gasteiger partial charge in [0.2, 0.25) is 0 Å². The number of nitrogens with zero attached hydrogens (tertiary/aromatic N) is 1. The van der Waals surface area contributed by atoms with Crippen LogP contribution in [-0.4, -0.2) is 17.3 Å². The Morgan fingerprint density at radius 1 is 1.37 bits per heavy atom. The van der Waals surface area contributed by atoms with E-state index >= 15 is 0 Å². The summed E-state index contributed by atoms with van der Waals surface area (Å²) in [5.41, 5.74) is 7.51. The van der Waals surface area contributed by atoms with Crippen molar-refractivity contribution in [1.82, 2.24) is 4.98 Å². The lowest BCUT2D eigenvalue weighted by molar-refractivity contribution is -0.121. The van der Waals surface area contributed by atoms with Gasteiger partial charge in [-0.05, 0) is 13.0 Å². The first-order chi connectivity index (χ1) is 9.20. The first kappa shape index (κ1) is 13.9. The highest BCUT2D eigenvalue weighted by Crippen LogP contribution is 2.22. The molecule has 0 amide bonds. The molecule has 2 rings (SSSR count). The fraction of sp³-hybridized carbons (Fsp3) is 0.333. The lowest BCUT2D eigenvalue weighted by Crippen LogP contribution is -2.17. The summed E-state index contributed by atoms with van der Waals surface area (Å²) in [6.07, 6.45) is 1.16. The highest BCUT2D eigenvalue weighted by Gasteiger charge is 2.15. The second-order valence-corrected chi connectivity index (χ2v) is 5.56. The number of hydrogen-bond donors (Lipinski definition) is 1. The third-order valence-corrected chi connectivity index (χ3v) is 3.94. The first-order valence-corrected chi connectivity index (χ1v) is 7.31. The Balaban J connectivity index is 2.04. The summed E-state index contributed by atoms with van der Waals surface area (Å²) in [5.74, 6) is 0.244. The van der Waals surface area contributed by atoms with Crippen molar-refractivity contribution in [3.8, 4) is 11.3 Å². The highest BCUT2D eigenvalue weighted by atomic mass is 32.1. The summed E-state index contributed by atoms with van der Waals surface area (Å²) in [6, 6.07) is 10.0. The average Bonchev–Trinajstić information content (AvgIpc) is 2.88. The van der Waals surface area contributed by atoms with Crippen LogP contribution in [0.25, 0.3) is 11.3 Å². The van der Waals surface area contributed by atoms with E-state index in [2.05, 4.69) is 4.98 Å². The van der Waals surface area contributed by atoms with Crippen LogP contribution in [0.5, 0.6) is 0 Å². The van der Waals surface area contributed by atoms with Crippen molar-refractivity contribution in [2.45, 2.75) is 19.8 Å². The van der Waals surface area contributed by atoms with Crippen LogP contribution in [0.4, 0.5) is 0 Å². The molecule has 100 valence electrons. The zero-order chi connectivity index (χ0) is 13.7. The van der Waals surface area contributed by atoms with Crippen molar-refractivity contribution in [2.75, 3.05) is 6.54 Å². The number of ketones is 1. The molecule has 1 heterocycles. The number of Topliss-reactive ketones (excluding diaryl/α,β-unsaturated/α-hetero) is 1. The van der Waals surface area contributed by atoms with Crippen molar-refractivity contribution in [1.29, 1.82) is 0 Å². The van der Waals surface area contributed by atoms with Crippen LogP contribution >= 0.6 is 11.3 Å². The van der Waals surface area contributed by atoms with Crippen LogP contribution in [0.15, 0.2) is 35.7 Å². The van der Waals surface area contributed by atoms with E-state index in [1.807, 2.05) is 42.6 Å². The van der Waals surface area contributed by atoms with Gasteiger partial charge in [-0.1, -0.05) is 37.3 Å². The monoisotopic (exact) mass is 274 g/mol. The average molecular weight is 274 g/mol. The van der Waals surface area contributed by atoms with E-state index in [0.29, 0.717) is 13.0 Å². The Morgan fingerprint density at radius 3 is 2.79 bits per heavy atom. The topological polar surface area (TPSA) is 56.0 Å². The molecule has 0 aliphatic rings. The molecule has 1 unspecified atom stereocenters. The molecular weight excluding hydrogens is 256 g/mol. The summed E-state index contributed by atoms with van der Waals surface area (Å²) in [5, 5.41) is 2.89. The van der Waals surface area contributed by atoms with Crippen LogP contribution in [0, 0.1) is 5.92 Å². The van der Waals surface area contributed by atoms with E-state index in [1.165, 1.54) is 0 Å². The largest absolute Gasteiger partial charge is 0.330 e. The standard InChI is InChI=1S/C15H18N2OS/c1-11(7-8-16)14(18)9-15-17-13(10-19-15)12-5-3-2-4-6-12/h2-6,10-11H,7-9,16H2,1H3. The molecule has 0 saturated heterocycles. The van der Waals surface area contributed by atoms with Gasteiger partial charge in [0.25, 0.3) is 0 Å². The predicted molar refractivity (Wildman–Crippen MR) is 79.1 cm³/mol. The Bertz CT molecular complexity index is 536. The van der Waals surface area contributed by atoms with Gasteiger partial charge in [0.05, 0.1) is 12.1 Å². The third-order valence-electron chi connectivity index (χ3n) is 3.10. The van der Waals surface area contributed by atoms with Crippen molar-refractivity contribution in [2.24, 2.45) is 11.7 Å². The number of rotatable bonds is 6. The predicted octanol–water partition coefficient (Wildman–Crippen LogP) is 2.91. The number of benzene rings is 1. The number of aromatic nitrogens is 1. The van der Waals surface area contributed by atoms with Crippen LogP contribution in [0.1, 0.15) is 18.4 Å². The van der Waals surface area contributed by atoms with Gasteiger partial charge in [-0.3, -0.25) is 4.79 Å². The highest BCUT2D eigenvalue weighted by molar-refractivity contribution is 7.10. The molecule has 0 aliphatic carbocycles. The molecule has 0 saturated carbocycles. The minimum Gasteiger partial charge on any atom is -0.330 e. The van der Waals surface area contributed by atoms with E-state index in [4.69, 9.17) is 5.73 Å². The molecule has 1 atom stereocenters.